The minimum atomic E-state index is -0.488. The molecule has 4 rings (SSSR count). The first-order chi connectivity index (χ1) is 18.4. The summed E-state index contributed by atoms with van der Waals surface area (Å²) in [6.07, 6.45) is 18.6. The topological polar surface area (TPSA) is 46.5 Å². The van der Waals surface area contributed by atoms with Gasteiger partial charge in [-0.25, -0.2) is 4.79 Å². The van der Waals surface area contributed by atoms with Crippen LogP contribution in [0.25, 0.3) is 6.08 Å². The van der Waals surface area contributed by atoms with Gasteiger partial charge in [0.1, 0.15) is 0 Å². The lowest BCUT2D eigenvalue weighted by atomic mass is 9.63. The van der Waals surface area contributed by atoms with Gasteiger partial charge in [0, 0.05) is 22.8 Å². The first-order valence-electron chi connectivity index (χ1n) is 14.0. The van der Waals surface area contributed by atoms with Crippen LogP contribution in [-0.2, 0) is 4.74 Å². The lowest BCUT2D eigenvalue weighted by molar-refractivity contribution is -0.000792. The van der Waals surface area contributed by atoms with Crippen molar-refractivity contribution in [2.75, 3.05) is 6.61 Å². The highest BCUT2D eigenvalue weighted by Crippen LogP contribution is 2.47. The Morgan fingerprint density at radius 2 is 1.79 bits per heavy atom. The second kappa shape index (κ2) is 12.9. The van der Waals surface area contributed by atoms with Crippen LogP contribution < -0.4 is 0 Å². The van der Waals surface area contributed by atoms with E-state index in [9.17, 15) is 9.90 Å². The van der Waals surface area contributed by atoms with Gasteiger partial charge in [-0.15, -0.1) is 0 Å². The normalized spacial score (nSPS) is 22.6. The molecule has 2 atom stereocenters. The van der Waals surface area contributed by atoms with Crippen molar-refractivity contribution in [2.45, 2.75) is 71.3 Å². The Morgan fingerprint density at radius 1 is 1.03 bits per heavy atom. The number of ether oxygens (including phenoxy) is 1. The highest BCUT2D eigenvalue weighted by molar-refractivity contribution is 5.89. The molecule has 198 valence electrons. The van der Waals surface area contributed by atoms with Crippen molar-refractivity contribution >= 4 is 12.0 Å². The number of esters is 1. The van der Waals surface area contributed by atoms with Crippen LogP contribution >= 0.6 is 0 Å². The molecule has 0 heterocycles. The first-order valence-corrected chi connectivity index (χ1v) is 14.0. The summed E-state index contributed by atoms with van der Waals surface area (Å²) < 4.78 is 5.10. The van der Waals surface area contributed by atoms with Gasteiger partial charge in [-0.3, -0.25) is 0 Å². The van der Waals surface area contributed by atoms with Crippen molar-refractivity contribution in [1.29, 1.82) is 0 Å². The Morgan fingerprint density at radius 3 is 2.47 bits per heavy atom. The second-order valence-electron chi connectivity index (χ2n) is 10.9. The molecule has 2 fully saturated rings. The third-order valence-electron chi connectivity index (χ3n) is 8.18. The standard InChI is InChI=1S/C35H40O3/c1-3-38-33(37)30-20-18-29(19-21-30)27-31-16-7-9-22-34(31,2)23-10-8-17-32(36)35(25-12-26-35)24-11-15-28-13-5-4-6-14-28/h4-6,8,10,13-14,17-21,23,27,32,36H,3,7,9,12,16,22,24-26H2,1-2H3/b17-8+,23-10+,31-27+/t32-,34+/m0/s1. The van der Waals surface area contributed by atoms with Gasteiger partial charge < -0.3 is 9.84 Å². The molecule has 2 aliphatic carbocycles. The number of rotatable bonds is 8. The molecule has 2 aromatic rings. The lowest BCUT2D eigenvalue weighted by Crippen LogP contribution is -2.40. The van der Waals surface area contributed by atoms with Crippen LogP contribution in [0.5, 0.6) is 0 Å². The summed E-state index contributed by atoms with van der Waals surface area (Å²) in [5.74, 6) is 6.29. The third-order valence-corrected chi connectivity index (χ3v) is 8.18. The van der Waals surface area contributed by atoms with E-state index in [4.69, 9.17) is 4.74 Å². The predicted octanol–water partition coefficient (Wildman–Crippen LogP) is 7.91. The van der Waals surface area contributed by atoms with E-state index in [0.29, 0.717) is 12.2 Å². The first kappa shape index (κ1) is 27.7. The molecule has 38 heavy (non-hydrogen) atoms. The molecule has 2 saturated carbocycles. The molecule has 0 spiro atoms. The van der Waals surface area contributed by atoms with Crippen LogP contribution in [0.15, 0.2) is 84.5 Å². The highest BCUT2D eigenvalue weighted by Gasteiger charge is 2.41. The van der Waals surface area contributed by atoms with Crippen molar-refractivity contribution < 1.29 is 14.6 Å². The molecule has 3 heteroatoms. The summed E-state index contributed by atoms with van der Waals surface area (Å²) in [5.41, 5.74) is 3.96. The molecule has 0 aliphatic heterocycles. The van der Waals surface area contributed by atoms with Gasteiger partial charge in [-0.05, 0) is 68.9 Å². The number of hydrogen-bond donors (Lipinski definition) is 1. The van der Waals surface area contributed by atoms with Crippen molar-refractivity contribution in [2.24, 2.45) is 10.8 Å². The Hall–Kier alpha value is -3.35. The molecule has 3 nitrogen and oxygen atoms in total. The molecule has 0 aromatic heterocycles. The second-order valence-corrected chi connectivity index (χ2v) is 10.9. The van der Waals surface area contributed by atoms with Crippen molar-refractivity contribution in [1.82, 2.24) is 0 Å². The zero-order valence-electron chi connectivity index (χ0n) is 22.8. The summed E-state index contributed by atoms with van der Waals surface area (Å²) in [5, 5.41) is 11.0. The maximum absolute atomic E-state index is 12.0. The largest absolute Gasteiger partial charge is 0.462 e. The summed E-state index contributed by atoms with van der Waals surface area (Å²) in [6.45, 7) is 4.50. The minimum absolute atomic E-state index is 0.0251. The molecule has 2 aromatic carbocycles. The summed E-state index contributed by atoms with van der Waals surface area (Å²) in [4.78, 5) is 12.0. The SMILES string of the molecule is CCOC(=O)c1ccc(/C=C2\CCCC[C@]2(C)/C=C/C=C/[C@H](O)C2(CC#Cc3ccccc3)CCC2)cc1. The number of benzene rings is 2. The van der Waals surface area contributed by atoms with Gasteiger partial charge in [0.05, 0.1) is 18.3 Å². The van der Waals surface area contributed by atoms with Crippen LogP contribution in [0.4, 0.5) is 0 Å². The Balaban J connectivity index is 1.41. The highest BCUT2D eigenvalue weighted by atomic mass is 16.5. The molecular weight excluding hydrogens is 468 g/mol. The number of carbonyl (C=O) groups is 1. The number of carbonyl (C=O) groups excluding carboxylic acids is 1. The zero-order chi connectivity index (χ0) is 26.8. The Labute approximate surface area is 228 Å². The van der Waals surface area contributed by atoms with Gasteiger partial charge in [-0.1, -0.05) is 97.9 Å². The van der Waals surface area contributed by atoms with Crippen LogP contribution in [0, 0.1) is 22.7 Å². The van der Waals surface area contributed by atoms with E-state index >= 15 is 0 Å². The van der Waals surface area contributed by atoms with E-state index < -0.39 is 6.10 Å². The molecule has 2 aliphatic rings. The number of allylic oxidation sites excluding steroid dienone is 4. The van der Waals surface area contributed by atoms with E-state index in [-0.39, 0.29) is 16.8 Å². The zero-order valence-corrected chi connectivity index (χ0v) is 22.8. The predicted molar refractivity (Wildman–Crippen MR) is 155 cm³/mol. The van der Waals surface area contributed by atoms with E-state index in [1.165, 1.54) is 18.4 Å². The molecule has 1 N–H and O–H groups in total. The smallest absolute Gasteiger partial charge is 0.338 e. The molecule has 0 bridgehead atoms. The fourth-order valence-corrected chi connectivity index (χ4v) is 5.51. The van der Waals surface area contributed by atoms with Crippen LogP contribution in [-0.4, -0.2) is 23.8 Å². The molecule has 0 amide bonds. The van der Waals surface area contributed by atoms with Gasteiger partial charge in [-0.2, -0.15) is 0 Å². The number of aliphatic hydroxyl groups is 1. The average Bonchev–Trinajstić information content (AvgIpc) is 2.90. The third kappa shape index (κ3) is 6.94. The van der Waals surface area contributed by atoms with Gasteiger partial charge in [0.2, 0.25) is 0 Å². The van der Waals surface area contributed by atoms with Crippen LogP contribution in [0.1, 0.15) is 86.7 Å². The van der Waals surface area contributed by atoms with E-state index in [2.05, 4.69) is 37.0 Å². The van der Waals surface area contributed by atoms with E-state index in [0.717, 1.165) is 49.7 Å². The average molecular weight is 509 g/mol. The fourth-order valence-electron chi connectivity index (χ4n) is 5.51. The van der Waals surface area contributed by atoms with E-state index in [1.54, 1.807) is 0 Å². The van der Waals surface area contributed by atoms with Gasteiger partial charge >= 0.3 is 5.97 Å². The van der Waals surface area contributed by atoms with Gasteiger partial charge in [0.15, 0.2) is 0 Å². The number of aliphatic hydroxyl groups excluding tert-OH is 1. The van der Waals surface area contributed by atoms with Crippen LogP contribution in [0.2, 0.25) is 0 Å². The summed E-state index contributed by atoms with van der Waals surface area (Å²) in [6, 6.07) is 17.7. The van der Waals surface area contributed by atoms with E-state index in [1.807, 2.05) is 73.7 Å². The summed E-state index contributed by atoms with van der Waals surface area (Å²) >= 11 is 0. The summed E-state index contributed by atoms with van der Waals surface area (Å²) in [7, 11) is 0. The Bertz CT molecular complexity index is 1220. The van der Waals surface area contributed by atoms with Gasteiger partial charge in [0.25, 0.3) is 0 Å². The fraction of sp³-hybridized carbons (Fsp3) is 0.400. The molecule has 0 radical (unpaired) electrons. The van der Waals surface area contributed by atoms with Crippen molar-refractivity contribution in [3.8, 4) is 11.8 Å². The molecular formula is C35H40O3. The molecule has 0 saturated heterocycles. The maximum atomic E-state index is 12.0. The van der Waals surface area contributed by atoms with Crippen molar-refractivity contribution in [3.05, 3.63) is 101 Å². The van der Waals surface area contributed by atoms with Crippen molar-refractivity contribution in [3.63, 3.8) is 0 Å². The Kier molecular flexibility index (Phi) is 9.43. The number of hydrogen-bond acceptors (Lipinski definition) is 3. The quantitative estimate of drug-likeness (QED) is 0.224. The maximum Gasteiger partial charge on any atom is 0.338 e. The molecule has 0 unspecified atom stereocenters. The monoisotopic (exact) mass is 508 g/mol. The lowest BCUT2D eigenvalue weighted by Gasteiger charge is -2.43. The van der Waals surface area contributed by atoms with Crippen LogP contribution in [0.3, 0.4) is 0 Å². The minimum Gasteiger partial charge on any atom is -0.462 e.